The lowest BCUT2D eigenvalue weighted by Crippen LogP contribution is -2.19. The number of carbonyl (C=O) groups excluding carboxylic acids is 1. The summed E-state index contributed by atoms with van der Waals surface area (Å²) in [5, 5.41) is 19.3. The Morgan fingerprint density at radius 2 is 2.10 bits per heavy atom. The molecule has 1 heterocycles. The average molecular weight is 488 g/mol. The van der Waals surface area contributed by atoms with Gasteiger partial charge in [-0.2, -0.15) is 10.2 Å². The van der Waals surface area contributed by atoms with E-state index in [4.69, 9.17) is 9.47 Å². The Hall–Kier alpha value is -3.73. The fourth-order valence-corrected chi connectivity index (χ4v) is 3.19. The molecule has 0 saturated carbocycles. The van der Waals surface area contributed by atoms with Crippen LogP contribution < -0.4 is 14.9 Å². The van der Waals surface area contributed by atoms with Gasteiger partial charge in [0.2, 0.25) is 5.69 Å². The van der Waals surface area contributed by atoms with E-state index in [9.17, 15) is 14.9 Å². The molecule has 0 saturated heterocycles. The number of nitro groups is 1. The molecule has 3 aromatic rings. The van der Waals surface area contributed by atoms with Crippen molar-refractivity contribution in [3.8, 4) is 11.5 Å². The van der Waals surface area contributed by atoms with Crippen molar-refractivity contribution in [3.05, 3.63) is 80.1 Å². The lowest BCUT2D eigenvalue weighted by atomic mass is 10.2. The third kappa shape index (κ3) is 5.45. The summed E-state index contributed by atoms with van der Waals surface area (Å²) in [4.78, 5) is 23.2. The molecule has 1 N–H and O–H groups in total. The summed E-state index contributed by atoms with van der Waals surface area (Å²) in [7, 11) is 3.03. The molecule has 0 atom stereocenters. The van der Waals surface area contributed by atoms with Crippen molar-refractivity contribution >= 4 is 33.7 Å². The Morgan fingerprint density at radius 1 is 1.29 bits per heavy atom. The van der Waals surface area contributed by atoms with Gasteiger partial charge in [-0.05, 0) is 29.8 Å². The van der Waals surface area contributed by atoms with Crippen molar-refractivity contribution in [3.63, 3.8) is 0 Å². The molecule has 1 aromatic heterocycles. The summed E-state index contributed by atoms with van der Waals surface area (Å²) >= 11 is 3.37. The molecule has 0 unspecified atom stereocenters. The third-order valence-corrected chi connectivity index (χ3v) is 4.69. The molecule has 0 aliphatic rings. The Bertz CT molecular complexity index is 1140. The molecule has 0 fully saturated rings. The Morgan fingerprint density at radius 3 is 2.77 bits per heavy atom. The van der Waals surface area contributed by atoms with Gasteiger partial charge in [0, 0.05) is 16.1 Å². The molecule has 0 radical (unpaired) electrons. The molecule has 2 aromatic carbocycles. The van der Waals surface area contributed by atoms with Crippen LogP contribution in [0.2, 0.25) is 0 Å². The van der Waals surface area contributed by atoms with Gasteiger partial charge in [-0.1, -0.05) is 28.1 Å². The SMILES string of the molecule is COc1ccc(/C=N/NC(=O)c2nn(Cc3cccc(Br)c3)cc2[N+](=O)[O-])c(OC)c1. The predicted octanol–water partition coefficient (Wildman–Crippen LogP) is 3.38. The van der Waals surface area contributed by atoms with Crippen LogP contribution in [0, 0.1) is 10.1 Å². The molecular weight excluding hydrogens is 470 g/mol. The van der Waals surface area contributed by atoms with E-state index >= 15 is 0 Å². The van der Waals surface area contributed by atoms with Crippen LogP contribution in [0.5, 0.6) is 11.5 Å². The summed E-state index contributed by atoms with van der Waals surface area (Å²) in [5.74, 6) is 0.287. The number of nitrogens with zero attached hydrogens (tertiary/aromatic N) is 4. The van der Waals surface area contributed by atoms with E-state index < -0.39 is 16.5 Å². The molecular formula is C20H18BrN5O5. The van der Waals surface area contributed by atoms with E-state index in [1.165, 1.54) is 31.3 Å². The van der Waals surface area contributed by atoms with Crippen LogP contribution in [0.1, 0.15) is 21.6 Å². The number of aromatic nitrogens is 2. The first-order valence-electron chi connectivity index (χ1n) is 8.93. The number of amides is 1. The Balaban J connectivity index is 1.77. The maximum absolute atomic E-state index is 12.5. The van der Waals surface area contributed by atoms with E-state index in [1.54, 1.807) is 18.2 Å². The van der Waals surface area contributed by atoms with Gasteiger partial charge in [-0.15, -0.1) is 0 Å². The van der Waals surface area contributed by atoms with Crippen molar-refractivity contribution in [2.45, 2.75) is 6.54 Å². The van der Waals surface area contributed by atoms with Crippen LogP contribution in [0.3, 0.4) is 0 Å². The zero-order chi connectivity index (χ0) is 22.4. The quantitative estimate of drug-likeness (QED) is 0.295. The third-order valence-electron chi connectivity index (χ3n) is 4.20. The van der Waals surface area contributed by atoms with E-state index in [0.717, 1.165) is 10.0 Å². The summed E-state index contributed by atoms with van der Waals surface area (Å²) in [6.07, 6.45) is 2.58. The highest BCUT2D eigenvalue weighted by Gasteiger charge is 2.25. The van der Waals surface area contributed by atoms with Crippen molar-refractivity contribution in [2.75, 3.05) is 14.2 Å². The number of benzene rings is 2. The number of rotatable bonds is 8. The summed E-state index contributed by atoms with van der Waals surface area (Å²) in [6, 6.07) is 12.5. The van der Waals surface area contributed by atoms with Gasteiger partial charge in [0.1, 0.15) is 17.7 Å². The maximum atomic E-state index is 12.5. The Kier molecular flexibility index (Phi) is 6.98. The van der Waals surface area contributed by atoms with Crippen LogP contribution in [-0.4, -0.2) is 41.0 Å². The highest BCUT2D eigenvalue weighted by atomic mass is 79.9. The lowest BCUT2D eigenvalue weighted by Gasteiger charge is -2.06. The van der Waals surface area contributed by atoms with E-state index in [1.807, 2.05) is 24.3 Å². The smallest absolute Gasteiger partial charge is 0.320 e. The second-order valence-electron chi connectivity index (χ2n) is 6.25. The second-order valence-corrected chi connectivity index (χ2v) is 7.17. The number of nitrogens with one attached hydrogen (secondary N) is 1. The van der Waals surface area contributed by atoms with Crippen molar-refractivity contribution in [1.29, 1.82) is 0 Å². The number of hydrogen-bond acceptors (Lipinski definition) is 7. The molecule has 10 nitrogen and oxygen atoms in total. The molecule has 0 bridgehead atoms. The van der Waals surface area contributed by atoms with Gasteiger partial charge < -0.3 is 9.47 Å². The predicted molar refractivity (Wildman–Crippen MR) is 117 cm³/mol. The minimum absolute atomic E-state index is 0.264. The van der Waals surface area contributed by atoms with Gasteiger partial charge in [0.25, 0.3) is 5.91 Å². The molecule has 11 heteroatoms. The summed E-state index contributed by atoms with van der Waals surface area (Å²) in [6.45, 7) is 0.264. The number of methoxy groups -OCH3 is 2. The molecule has 3 rings (SSSR count). The molecule has 31 heavy (non-hydrogen) atoms. The highest BCUT2D eigenvalue weighted by molar-refractivity contribution is 9.10. The number of carbonyl (C=O) groups is 1. The van der Waals surface area contributed by atoms with Gasteiger partial charge in [-0.25, -0.2) is 5.43 Å². The van der Waals surface area contributed by atoms with Gasteiger partial charge in [0.05, 0.1) is 31.9 Å². The molecule has 0 spiro atoms. The summed E-state index contributed by atoms with van der Waals surface area (Å²) in [5.41, 5.74) is 2.96. The first-order valence-corrected chi connectivity index (χ1v) is 9.72. The van der Waals surface area contributed by atoms with Crippen LogP contribution in [0.15, 0.2) is 58.2 Å². The van der Waals surface area contributed by atoms with Gasteiger partial charge in [-0.3, -0.25) is 19.6 Å². The van der Waals surface area contributed by atoms with Crippen molar-refractivity contribution in [2.24, 2.45) is 5.10 Å². The van der Waals surface area contributed by atoms with Crippen LogP contribution in [0.25, 0.3) is 0 Å². The van der Waals surface area contributed by atoms with E-state index in [-0.39, 0.29) is 12.2 Å². The van der Waals surface area contributed by atoms with Crippen LogP contribution >= 0.6 is 15.9 Å². The second kappa shape index (κ2) is 9.85. The zero-order valence-electron chi connectivity index (χ0n) is 16.6. The number of ether oxygens (including phenoxy) is 2. The maximum Gasteiger partial charge on any atom is 0.320 e. The topological polar surface area (TPSA) is 121 Å². The normalized spacial score (nSPS) is 10.8. The largest absolute Gasteiger partial charge is 0.497 e. The molecule has 160 valence electrons. The minimum Gasteiger partial charge on any atom is -0.497 e. The number of hydrogen-bond donors (Lipinski definition) is 1. The molecule has 0 aliphatic heterocycles. The number of hydrazone groups is 1. The average Bonchev–Trinajstić information content (AvgIpc) is 3.18. The fraction of sp³-hybridized carbons (Fsp3) is 0.150. The minimum atomic E-state index is -0.802. The van der Waals surface area contributed by atoms with Crippen molar-refractivity contribution in [1.82, 2.24) is 15.2 Å². The van der Waals surface area contributed by atoms with Gasteiger partial charge >= 0.3 is 5.69 Å². The van der Waals surface area contributed by atoms with E-state index in [0.29, 0.717) is 17.1 Å². The lowest BCUT2D eigenvalue weighted by molar-refractivity contribution is -0.385. The van der Waals surface area contributed by atoms with E-state index in [2.05, 4.69) is 31.6 Å². The summed E-state index contributed by atoms with van der Waals surface area (Å²) < 4.78 is 12.6. The first kappa shape index (κ1) is 22.0. The van der Waals surface area contributed by atoms with Gasteiger partial charge in [0.15, 0.2) is 0 Å². The number of halogens is 1. The standard InChI is InChI=1S/C20H18BrN5O5/c1-30-16-7-6-14(18(9-16)31-2)10-22-23-20(27)19-17(26(28)29)12-25(24-19)11-13-4-3-5-15(21)8-13/h3-10,12H,11H2,1-2H3,(H,23,27)/b22-10+. The Labute approximate surface area is 185 Å². The first-order chi connectivity index (χ1) is 14.9. The monoisotopic (exact) mass is 487 g/mol. The fourth-order valence-electron chi connectivity index (χ4n) is 2.75. The molecule has 1 amide bonds. The van der Waals surface area contributed by atoms with Crippen LogP contribution in [0.4, 0.5) is 5.69 Å². The zero-order valence-corrected chi connectivity index (χ0v) is 18.2. The molecule has 0 aliphatic carbocycles. The highest BCUT2D eigenvalue weighted by Crippen LogP contribution is 2.23. The van der Waals surface area contributed by atoms with Crippen LogP contribution in [-0.2, 0) is 6.54 Å². The van der Waals surface area contributed by atoms with Crippen molar-refractivity contribution < 1.29 is 19.2 Å².